The van der Waals surface area contributed by atoms with Gasteiger partial charge in [-0.1, -0.05) is 6.92 Å². The molecule has 0 aromatic heterocycles. The van der Waals surface area contributed by atoms with Crippen molar-refractivity contribution in [1.29, 1.82) is 0 Å². The highest BCUT2D eigenvalue weighted by molar-refractivity contribution is 4.87. The first kappa shape index (κ1) is 9.47. The minimum Gasteiger partial charge on any atom is -0.315 e. The lowest BCUT2D eigenvalue weighted by Crippen LogP contribution is -2.48. The third-order valence-electron chi connectivity index (χ3n) is 3.67. The van der Waals surface area contributed by atoms with Crippen molar-refractivity contribution in [2.75, 3.05) is 19.6 Å². The minimum atomic E-state index is 0.820. The van der Waals surface area contributed by atoms with Crippen molar-refractivity contribution >= 4 is 0 Å². The Bertz CT molecular complexity index is 163. The Morgan fingerprint density at radius 3 is 2.69 bits per heavy atom. The molecule has 0 saturated carbocycles. The maximum absolute atomic E-state index is 3.46. The molecular weight excluding hydrogens is 160 g/mol. The van der Waals surface area contributed by atoms with E-state index in [2.05, 4.69) is 24.1 Å². The van der Waals surface area contributed by atoms with E-state index in [9.17, 15) is 0 Å². The Morgan fingerprint density at radius 1 is 1.15 bits per heavy atom. The Balaban J connectivity index is 1.94. The van der Waals surface area contributed by atoms with Crippen LogP contribution in [0.15, 0.2) is 0 Å². The highest BCUT2D eigenvalue weighted by atomic mass is 15.2. The molecule has 3 unspecified atom stereocenters. The third kappa shape index (κ3) is 2.05. The summed E-state index contributed by atoms with van der Waals surface area (Å²) in [6.45, 7) is 8.55. The number of hydrogen-bond acceptors (Lipinski definition) is 2. The van der Waals surface area contributed by atoms with Gasteiger partial charge in [0, 0.05) is 25.2 Å². The second kappa shape index (κ2) is 3.97. The molecule has 2 rings (SSSR count). The van der Waals surface area contributed by atoms with Crippen molar-refractivity contribution in [3.63, 3.8) is 0 Å². The van der Waals surface area contributed by atoms with Crippen LogP contribution in [-0.4, -0.2) is 36.6 Å². The summed E-state index contributed by atoms with van der Waals surface area (Å²) in [5.74, 6) is 0.914. The van der Waals surface area contributed by atoms with Gasteiger partial charge >= 0.3 is 0 Å². The first-order valence-corrected chi connectivity index (χ1v) is 5.74. The van der Waals surface area contributed by atoms with Gasteiger partial charge in [0.25, 0.3) is 0 Å². The molecule has 2 heteroatoms. The molecule has 2 fully saturated rings. The summed E-state index contributed by atoms with van der Waals surface area (Å²) in [7, 11) is 0. The fourth-order valence-corrected chi connectivity index (χ4v) is 2.75. The van der Waals surface area contributed by atoms with E-state index in [1.165, 1.54) is 38.9 Å². The number of nitrogens with zero attached hydrogens (tertiary/aromatic N) is 1. The lowest BCUT2D eigenvalue weighted by atomic mass is 9.93. The van der Waals surface area contributed by atoms with E-state index in [1.807, 2.05) is 0 Å². The van der Waals surface area contributed by atoms with Crippen molar-refractivity contribution in [2.45, 2.75) is 45.2 Å². The number of nitrogens with one attached hydrogen (secondary N) is 1. The van der Waals surface area contributed by atoms with Crippen LogP contribution < -0.4 is 5.32 Å². The van der Waals surface area contributed by atoms with Crippen LogP contribution in [0.5, 0.6) is 0 Å². The van der Waals surface area contributed by atoms with E-state index < -0.39 is 0 Å². The number of piperidine rings is 1. The Morgan fingerprint density at radius 2 is 2.00 bits per heavy atom. The fraction of sp³-hybridized carbons (Fsp3) is 1.00. The number of likely N-dealkylation sites (tertiary alicyclic amines) is 1. The summed E-state index contributed by atoms with van der Waals surface area (Å²) in [5.41, 5.74) is 0. The Labute approximate surface area is 81.7 Å². The Hall–Kier alpha value is -0.0800. The average molecular weight is 182 g/mol. The molecule has 0 bridgehead atoms. The molecular formula is C11H22N2. The lowest BCUT2D eigenvalue weighted by molar-refractivity contribution is 0.0850. The van der Waals surface area contributed by atoms with Crippen LogP contribution in [0.2, 0.25) is 0 Å². The summed E-state index contributed by atoms with van der Waals surface area (Å²) in [4.78, 5) is 2.73. The number of rotatable bonds is 1. The van der Waals surface area contributed by atoms with E-state index in [0.717, 1.165) is 18.0 Å². The van der Waals surface area contributed by atoms with Gasteiger partial charge in [0.05, 0.1) is 0 Å². The Kier molecular flexibility index (Phi) is 2.89. The predicted molar refractivity (Wildman–Crippen MR) is 55.8 cm³/mol. The maximum Gasteiger partial charge on any atom is 0.0235 e. The zero-order valence-electron chi connectivity index (χ0n) is 8.92. The van der Waals surface area contributed by atoms with Gasteiger partial charge in [-0.15, -0.1) is 0 Å². The largest absolute Gasteiger partial charge is 0.315 e. The van der Waals surface area contributed by atoms with Crippen LogP contribution in [-0.2, 0) is 0 Å². The predicted octanol–water partition coefficient (Wildman–Crippen LogP) is 1.47. The smallest absolute Gasteiger partial charge is 0.0235 e. The summed E-state index contributed by atoms with van der Waals surface area (Å²) in [6, 6.07) is 1.65. The van der Waals surface area contributed by atoms with Crippen molar-refractivity contribution in [1.82, 2.24) is 10.2 Å². The summed E-state index contributed by atoms with van der Waals surface area (Å²) in [5, 5.41) is 3.46. The van der Waals surface area contributed by atoms with Crippen LogP contribution in [0.25, 0.3) is 0 Å². The van der Waals surface area contributed by atoms with Gasteiger partial charge in [-0.2, -0.15) is 0 Å². The van der Waals surface area contributed by atoms with Crippen LogP contribution >= 0.6 is 0 Å². The zero-order chi connectivity index (χ0) is 9.26. The molecule has 0 aromatic carbocycles. The van der Waals surface area contributed by atoms with Crippen molar-refractivity contribution in [2.24, 2.45) is 5.92 Å². The normalized spacial score (nSPS) is 42.5. The standard InChI is InChI=1S/C11H22N2/c1-9-3-4-10(2)13(8-9)11-5-6-12-7-11/h9-12H,3-8H2,1-2H3. The highest BCUT2D eigenvalue weighted by Gasteiger charge is 2.30. The minimum absolute atomic E-state index is 0.820. The van der Waals surface area contributed by atoms with E-state index >= 15 is 0 Å². The van der Waals surface area contributed by atoms with Crippen LogP contribution in [0.4, 0.5) is 0 Å². The fourth-order valence-electron chi connectivity index (χ4n) is 2.75. The van der Waals surface area contributed by atoms with Crippen molar-refractivity contribution in [3.8, 4) is 0 Å². The molecule has 1 N–H and O–H groups in total. The van der Waals surface area contributed by atoms with Gasteiger partial charge in [-0.25, -0.2) is 0 Å². The van der Waals surface area contributed by atoms with Gasteiger partial charge in [-0.3, -0.25) is 4.90 Å². The molecule has 0 radical (unpaired) electrons. The summed E-state index contributed by atoms with van der Waals surface area (Å²) >= 11 is 0. The summed E-state index contributed by atoms with van der Waals surface area (Å²) < 4.78 is 0. The van der Waals surface area contributed by atoms with Gasteiger partial charge in [-0.05, 0) is 38.6 Å². The van der Waals surface area contributed by atoms with E-state index in [1.54, 1.807) is 0 Å². The van der Waals surface area contributed by atoms with Crippen LogP contribution in [0, 0.1) is 5.92 Å². The molecule has 13 heavy (non-hydrogen) atoms. The first-order chi connectivity index (χ1) is 6.27. The molecule has 2 heterocycles. The molecule has 0 aromatic rings. The molecule has 0 spiro atoms. The van der Waals surface area contributed by atoms with Crippen LogP contribution in [0.3, 0.4) is 0 Å². The lowest BCUT2D eigenvalue weighted by Gasteiger charge is -2.40. The number of hydrogen-bond donors (Lipinski definition) is 1. The van der Waals surface area contributed by atoms with Crippen LogP contribution in [0.1, 0.15) is 33.1 Å². The second-order valence-corrected chi connectivity index (χ2v) is 4.87. The monoisotopic (exact) mass is 182 g/mol. The summed E-state index contributed by atoms with van der Waals surface area (Å²) in [6.07, 6.45) is 4.19. The third-order valence-corrected chi connectivity index (χ3v) is 3.67. The van der Waals surface area contributed by atoms with Crippen molar-refractivity contribution in [3.05, 3.63) is 0 Å². The molecule has 0 aliphatic carbocycles. The molecule has 2 aliphatic heterocycles. The van der Waals surface area contributed by atoms with Gasteiger partial charge < -0.3 is 5.32 Å². The maximum atomic E-state index is 3.46. The zero-order valence-corrected chi connectivity index (χ0v) is 8.92. The molecule has 0 amide bonds. The topological polar surface area (TPSA) is 15.3 Å². The molecule has 76 valence electrons. The molecule has 2 aliphatic rings. The quantitative estimate of drug-likeness (QED) is 0.660. The molecule has 2 nitrogen and oxygen atoms in total. The van der Waals surface area contributed by atoms with Gasteiger partial charge in [0.15, 0.2) is 0 Å². The molecule has 3 atom stereocenters. The molecule has 2 saturated heterocycles. The first-order valence-electron chi connectivity index (χ1n) is 5.74. The van der Waals surface area contributed by atoms with E-state index in [4.69, 9.17) is 0 Å². The highest BCUT2D eigenvalue weighted by Crippen LogP contribution is 2.25. The SMILES string of the molecule is CC1CCC(C)N(C2CCNC2)C1. The van der Waals surface area contributed by atoms with Gasteiger partial charge in [0.2, 0.25) is 0 Å². The average Bonchev–Trinajstić information content (AvgIpc) is 2.61. The van der Waals surface area contributed by atoms with E-state index in [0.29, 0.717) is 0 Å². The van der Waals surface area contributed by atoms with Crippen molar-refractivity contribution < 1.29 is 0 Å². The second-order valence-electron chi connectivity index (χ2n) is 4.87. The van der Waals surface area contributed by atoms with E-state index in [-0.39, 0.29) is 0 Å². The van der Waals surface area contributed by atoms with Gasteiger partial charge in [0.1, 0.15) is 0 Å².